The van der Waals surface area contributed by atoms with E-state index in [-0.39, 0.29) is 0 Å². The van der Waals surface area contributed by atoms with Gasteiger partial charge >= 0.3 is 0 Å². The van der Waals surface area contributed by atoms with Gasteiger partial charge in [0.05, 0.1) is 4.90 Å². The van der Waals surface area contributed by atoms with Crippen molar-refractivity contribution in [2.24, 2.45) is 5.92 Å². The molecule has 0 aromatic heterocycles. The number of hydrogen-bond donors (Lipinski definition) is 0. The standard InChI is InChI=1S/C15H22ClNO2S/c1-12-5-6-15(10-13(12)2)20(18,19)17-9-3-4-14(11-17)7-8-16/h5-6,10,14H,3-4,7-9,11H2,1-2H3. The first-order valence-corrected chi connectivity index (χ1v) is 9.06. The summed E-state index contributed by atoms with van der Waals surface area (Å²) in [6, 6.07) is 5.36. The molecule has 1 aliphatic heterocycles. The maximum absolute atomic E-state index is 12.7. The van der Waals surface area contributed by atoms with E-state index in [1.54, 1.807) is 16.4 Å². The van der Waals surface area contributed by atoms with Crippen molar-refractivity contribution in [3.05, 3.63) is 29.3 Å². The molecule has 1 heterocycles. The molecule has 2 rings (SSSR count). The van der Waals surface area contributed by atoms with Crippen LogP contribution in [0, 0.1) is 19.8 Å². The molecule has 0 spiro atoms. The predicted octanol–water partition coefficient (Wildman–Crippen LogP) is 3.33. The van der Waals surface area contributed by atoms with E-state index < -0.39 is 10.0 Å². The normalized spacial score (nSPS) is 21.1. The summed E-state index contributed by atoms with van der Waals surface area (Å²) in [5.74, 6) is 0.991. The molecule has 1 aliphatic rings. The molecule has 0 N–H and O–H groups in total. The lowest BCUT2D eigenvalue weighted by Gasteiger charge is -2.31. The van der Waals surface area contributed by atoms with E-state index in [2.05, 4.69) is 0 Å². The van der Waals surface area contributed by atoms with Crippen LogP contribution in [-0.4, -0.2) is 31.7 Å². The Bertz CT molecular complexity index is 569. The Morgan fingerprint density at radius 2 is 2.05 bits per heavy atom. The first-order chi connectivity index (χ1) is 9.45. The van der Waals surface area contributed by atoms with Crippen molar-refractivity contribution in [3.8, 4) is 0 Å². The molecule has 1 aromatic carbocycles. The van der Waals surface area contributed by atoms with Gasteiger partial charge in [0.1, 0.15) is 0 Å². The van der Waals surface area contributed by atoms with Gasteiger partial charge in [0.25, 0.3) is 0 Å². The van der Waals surface area contributed by atoms with Gasteiger partial charge in [-0.3, -0.25) is 0 Å². The van der Waals surface area contributed by atoms with Crippen LogP contribution in [0.15, 0.2) is 23.1 Å². The van der Waals surface area contributed by atoms with Crippen LogP contribution in [0.5, 0.6) is 0 Å². The summed E-state index contributed by atoms with van der Waals surface area (Å²) in [4.78, 5) is 0.409. The van der Waals surface area contributed by atoms with E-state index in [9.17, 15) is 8.42 Å². The molecular weight excluding hydrogens is 294 g/mol. The zero-order valence-electron chi connectivity index (χ0n) is 12.1. The van der Waals surface area contributed by atoms with Gasteiger partial charge in [0.2, 0.25) is 10.0 Å². The zero-order chi connectivity index (χ0) is 14.8. The van der Waals surface area contributed by atoms with Crippen LogP contribution in [0.2, 0.25) is 0 Å². The van der Waals surface area contributed by atoms with Crippen molar-refractivity contribution in [2.75, 3.05) is 19.0 Å². The molecule has 5 heteroatoms. The summed E-state index contributed by atoms with van der Waals surface area (Å²) in [6.07, 6.45) is 2.89. The van der Waals surface area contributed by atoms with Crippen LogP contribution in [0.1, 0.15) is 30.4 Å². The highest BCUT2D eigenvalue weighted by atomic mass is 35.5. The first-order valence-electron chi connectivity index (χ1n) is 7.08. The van der Waals surface area contributed by atoms with Crippen molar-refractivity contribution >= 4 is 21.6 Å². The monoisotopic (exact) mass is 315 g/mol. The highest BCUT2D eigenvalue weighted by Crippen LogP contribution is 2.26. The van der Waals surface area contributed by atoms with E-state index in [1.807, 2.05) is 19.9 Å². The molecule has 0 amide bonds. The highest BCUT2D eigenvalue weighted by molar-refractivity contribution is 7.89. The maximum Gasteiger partial charge on any atom is 0.243 e. The van der Waals surface area contributed by atoms with Gasteiger partial charge < -0.3 is 0 Å². The van der Waals surface area contributed by atoms with E-state index in [1.165, 1.54) is 0 Å². The fourth-order valence-corrected chi connectivity index (χ4v) is 4.61. The Labute approximate surface area is 127 Å². The molecular formula is C15H22ClNO2S. The Morgan fingerprint density at radius 1 is 1.30 bits per heavy atom. The number of sulfonamides is 1. The van der Waals surface area contributed by atoms with Gasteiger partial charge in [-0.1, -0.05) is 6.07 Å². The van der Waals surface area contributed by atoms with Gasteiger partial charge in [-0.15, -0.1) is 11.6 Å². The van der Waals surface area contributed by atoms with Crippen LogP contribution in [0.4, 0.5) is 0 Å². The van der Waals surface area contributed by atoms with Gasteiger partial charge in [-0.05, 0) is 62.3 Å². The third-order valence-corrected chi connectivity index (χ3v) is 6.19. The van der Waals surface area contributed by atoms with Crippen LogP contribution in [0.25, 0.3) is 0 Å². The fraction of sp³-hybridized carbons (Fsp3) is 0.600. The van der Waals surface area contributed by atoms with E-state index in [0.717, 1.165) is 30.4 Å². The molecule has 0 radical (unpaired) electrons. The summed E-state index contributed by atoms with van der Waals surface area (Å²) < 4.78 is 27.0. The Balaban J connectivity index is 2.23. The summed E-state index contributed by atoms with van der Waals surface area (Å²) in [7, 11) is -3.36. The topological polar surface area (TPSA) is 37.4 Å². The number of benzene rings is 1. The molecule has 0 saturated carbocycles. The summed E-state index contributed by atoms with van der Waals surface area (Å²) in [5.41, 5.74) is 2.13. The van der Waals surface area contributed by atoms with Crippen molar-refractivity contribution in [1.29, 1.82) is 0 Å². The second kappa shape index (κ2) is 6.46. The summed E-state index contributed by atoms with van der Waals surface area (Å²) in [6.45, 7) is 5.15. The Morgan fingerprint density at radius 3 is 2.70 bits per heavy atom. The molecule has 112 valence electrons. The molecule has 20 heavy (non-hydrogen) atoms. The first kappa shape index (κ1) is 15.8. The largest absolute Gasteiger partial charge is 0.243 e. The highest BCUT2D eigenvalue weighted by Gasteiger charge is 2.30. The molecule has 1 unspecified atom stereocenters. The second-order valence-electron chi connectivity index (χ2n) is 5.60. The lowest BCUT2D eigenvalue weighted by atomic mass is 9.97. The molecule has 3 nitrogen and oxygen atoms in total. The number of halogens is 1. The van der Waals surface area contributed by atoms with Crippen LogP contribution < -0.4 is 0 Å². The zero-order valence-corrected chi connectivity index (χ0v) is 13.7. The molecule has 1 aromatic rings. The molecule has 1 fully saturated rings. The number of aryl methyl sites for hydroxylation is 2. The van der Waals surface area contributed by atoms with Crippen LogP contribution >= 0.6 is 11.6 Å². The second-order valence-corrected chi connectivity index (χ2v) is 7.91. The van der Waals surface area contributed by atoms with Crippen molar-refractivity contribution in [1.82, 2.24) is 4.31 Å². The van der Waals surface area contributed by atoms with Gasteiger partial charge in [0.15, 0.2) is 0 Å². The van der Waals surface area contributed by atoms with Gasteiger partial charge in [-0.2, -0.15) is 4.31 Å². The predicted molar refractivity (Wildman–Crippen MR) is 82.7 cm³/mol. The average Bonchev–Trinajstić information content (AvgIpc) is 2.42. The minimum absolute atomic E-state index is 0.391. The van der Waals surface area contributed by atoms with E-state index >= 15 is 0 Å². The molecule has 1 saturated heterocycles. The van der Waals surface area contributed by atoms with E-state index in [4.69, 9.17) is 11.6 Å². The third-order valence-electron chi connectivity index (χ3n) is 4.12. The Kier molecular flexibility index (Phi) is 5.10. The minimum atomic E-state index is -3.36. The van der Waals surface area contributed by atoms with Crippen LogP contribution in [-0.2, 0) is 10.0 Å². The summed E-state index contributed by atoms with van der Waals surface area (Å²) >= 11 is 5.78. The van der Waals surface area contributed by atoms with Gasteiger partial charge in [0, 0.05) is 19.0 Å². The van der Waals surface area contributed by atoms with Crippen molar-refractivity contribution < 1.29 is 8.42 Å². The number of rotatable bonds is 4. The molecule has 1 atom stereocenters. The molecule has 0 bridgehead atoms. The minimum Gasteiger partial charge on any atom is -0.207 e. The number of piperidine rings is 1. The van der Waals surface area contributed by atoms with Gasteiger partial charge in [-0.25, -0.2) is 8.42 Å². The summed E-state index contributed by atoms with van der Waals surface area (Å²) in [5, 5.41) is 0. The SMILES string of the molecule is Cc1ccc(S(=O)(=O)N2CCCC(CCCl)C2)cc1C. The number of nitrogens with zero attached hydrogens (tertiary/aromatic N) is 1. The van der Waals surface area contributed by atoms with Crippen LogP contribution in [0.3, 0.4) is 0 Å². The smallest absolute Gasteiger partial charge is 0.207 e. The average molecular weight is 316 g/mol. The number of alkyl halides is 1. The lowest BCUT2D eigenvalue weighted by molar-refractivity contribution is 0.262. The maximum atomic E-state index is 12.7. The van der Waals surface area contributed by atoms with Crippen molar-refractivity contribution in [3.63, 3.8) is 0 Å². The lowest BCUT2D eigenvalue weighted by Crippen LogP contribution is -2.40. The quantitative estimate of drug-likeness (QED) is 0.799. The number of hydrogen-bond acceptors (Lipinski definition) is 2. The van der Waals surface area contributed by atoms with Crippen molar-refractivity contribution in [2.45, 2.75) is 38.0 Å². The fourth-order valence-electron chi connectivity index (χ4n) is 2.66. The Hall–Kier alpha value is -0.580. The van der Waals surface area contributed by atoms with E-state index in [0.29, 0.717) is 29.8 Å². The molecule has 0 aliphatic carbocycles. The third kappa shape index (κ3) is 3.35.